The molecule has 2 aromatic rings. The quantitative estimate of drug-likeness (QED) is 0.631. The van der Waals surface area contributed by atoms with Crippen LogP contribution in [0.2, 0.25) is 0 Å². The van der Waals surface area contributed by atoms with Gasteiger partial charge < -0.3 is 4.18 Å². The Balaban J connectivity index is 2.28. The lowest BCUT2D eigenvalue weighted by atomic mass is 10.2. The number of aryl methyl sites for hydroxylation is 2. The fourth-order valence-corrected chi connectivity index (χ4v) is 2.26. The van der Waals surface area contributed by atoms with Crippen molar-refractivity contribution >= 4 is 17.0 Å². The van der Waals surface area contributed by atoms with Crippen molar-refractivity contribution in [2.24, 2.45) is 0 Å². The molecule has 2 rings (SSSR count). The van der Waals surface area contributed by atoms with E-state index in [9.17, 15) is 14.3 Å². The standard InChI is InChI=1S/C11H11N3O4S/c1-8-3-4-10(14(15)16)7-11(8)18-19(17)13-6-5-12-9(13)2/h3-7H,1-2H3. The molecule has 0 radical (unpaired) electrons. The minimum absolute atomic E-state index is 0.111. The molecule has 0 N–H and O–H groups in total. The normalized spacial score (nSPS) is 12.1. The Hall–Kier alpha value is -2.22. The highest BCUT2D eigenvalue weighted by Crippen LogP contribution is 2.25. The van der Waals surface area contributed by atoms with Crippen LogP contribution in [0.3, 0.4) is 0 Å². The van der Waals surface area contributed by atoms with Crippen LogP contribution >= 0.6 is 0 Å². The minimum Gasteiger partial charge on any atom is -0.384 e. The third-order valence-electron chi connectivity index (χ3n) is 2.49. The molecule has 8 heteroatoms. The molecule has 0 saturated carbocycles. The molecule has 0 aliphatic heterocycles. The maximum atomic E-state index is 12.0. The second-order valence-electron chi connectivity index (χ2n) is 3.81. The smallest absolute Gasteiger partial charge is 0.323 e. The number of hydrogen-bond donors (Lipinski definition) is 0. The zero-order chi connectivity index (χ0) is 14.0. The van der Waals surface area contributed by atoms with Crippen molar-refractivity contribution < 1.29 is 13.3 Å². The number of benzene rings is 1. The molecule has 0 amide bonds. The number of aromatic nitrogens is 2. The molecule has 7 nitrogen and oxygen atoms in total. The van der Waals surface area contributed by atoms with Gasteiger partial charge in [0.05, 0.1) is 11.0 Å². The molecule has 1 aromatic carbocycles. The van der Waals surface area contributed by atoms with Gasteiger partial charge in [-0.15, -0.1) is 0 Å². The van der Waals surface area contributed by atoms with Crippen molar-refractivity contribution in [2.45, 2.75) is 13.8 Å². The SMILES string of the molecule is Cc1ccc([N+](=O)[O-])cc1OS(=O)n1ccnc1C. The van der Waals surface area contributed by atoms with Gasteiger partial charge in [0, 0.05) is 18.5 Å². The van der Waals surface area contributed by atoms with Crippen LogP contribution in [0.5, 0.6) is 5.75 Å². The first-order chi connectivity index (χ1) is 8.99. The number of non-ortho nitro benzene ring substituents is 1. The minimum atomic E-state index is -1.82. The Kier molecular flexibility index (Phi) is 3.61. The summed E-state index contributed by atoms with van der Waals surface area (Å²) < 4.78 is 18.6. The first kappa shape index (κ1) is 13.2. The fraction of sp³-hybridized carbons (Fsp3) is 0.182. The Bertz CT molecular complexity index is 653. The van der Waals surface area contributed by atoms with Gasteiger partial charge in [0.2, 0.25) is 0 Å². The number of nitrogens with zero attached hydrogens (tertiary/aromatic N) is 3. The van der Waals surface area contributed by atoms with E-state index in [4.69, 9.17) is 4.18 Å². The maximum absolute atomic E-state index is 12.0. The van der Waals surface area contributed by atoms with Gasteiger partial charge in [-0.3, -0.25) is 10.1 Å². The predicted octanol–water partition coefficient (Wildman–Crippen LogP) is 1.91. The summed E-state index contributed by atoms with van der Waals surface area (Å²) in [7, 11) is 0. The van der Waals surface area contributed by atoms with E-state index in [2.05, 4.69) is 4.98 Å². The Morgan fingerprint density at radius 1 is 1.42 bits per heavy atom. The van der Waals surface area contributed by atoms with Gasteiger partial charge in [0.25, 0.3) is 5.69 Å². The van der Waals surface area contributed by atoms with E-state index < -0.39 is 16.2 Å². The molecular formula is C11H11N3O4S. The van der Waals surface area contributed by atoms with Crippen molar-refractivity contribution in [2.75, 3.05) is 0 Å². The molecule has 100 valence electrons. The van der Waals surface area contributed by atoms with Crippen LogP contribution in [0.15, 0.2) is 30.6 Å². The van der Waals surface area contributed by atoms with E-state index in [1.165, 1.54) is 28.5 Å². The van der Waals surface area contributed by atoms with Crippen LogP contribution in [-0.2, 0) is 11.3 Å². The van der Waals surface area contributed by atoms with Crippen molar-refractivity contribution in [1.82, 2.24) is 8.96 Å². The van der Waals surface area contributed by atoms with E-state index in [1.54, 1.807) is 19.9 Å². The van der Waals surface area contributed by atoms with Crippen LogP contribution < -0.4 is 4.18 Å². The molecule has 0 fully saturated rings. The average molecular weight is 281 g/mol. The average Bonchev–Trinajstić information content (AvgIpc) is 2.78. The molecule has 0 saturated heterocycles. The molecule has 0 aliphatic rings. The third kappa shape index (κ3) is 2.79. The first-order valence-corrected chi connectivity index (χ1v) is 6.38. The number of nitro groups is 1. The molecule has 1 unspecified atom stereocenters. The topological polar surface area (TPSA) is 87.3 Å². The van der Waals surface area contributed by atoms with Crippen molar-refractivity contribution in [3.63, 3.8) is 0 Å². The van der Waals surface area contributed by atoms with Crippen molar-refractivity contribution in [3.05, 3.63) is 52.1 Å². The molecular weight excluding hydrogens is 270 g/mol. The van der Waals surface area contributed by atoms with Gasteiger partial charge in [0.15, 0.2) is 5.75 Å². The number of hydrogen-bond acceptors (Lipinski definition) is 5. The summed E-state index contributed by atoms with van der Waals surface area (Å²) in [4.78, 5) is 14.1. The van der Waals surface area contributed by atoms with Crippen LogP contribution in [0, 0.1) is 24.0 Å². The molecule has 0 bridgehead atoms. The predicted molar refractivity (Wildman–Crippen MR) is 69.0 cm³/mol. The fourth-order valence-electron chi connectivity index (χ4n) is 1.43. The first-order valence-electron chi connectivity index (χ1n) is 5.34. The van der Waals surface area contributed by atoms with E-state index in [0.29, 0.717) is 11.4 Å². The summed E-state index contributed by atoms with van der Waals surface area (Å²) in [6, 6.07) is 4.17. The summed E-state index contributed by atoms with van der Waals surface area (Å²) in [5, 5.41) is 10.7. The van der Waals surface area contributed by atoms with Crippen LogP contribution in [-0.4, -0.2) is 18.1 Å². The van der Waals surface area contributed by atoms with Gasteiger partial charge in [-0.25, -0.2) is 8.96 Å². The lowest BCUT2D eigenvalue weighted by molar-refractivity contribution is -0.384. The Morgan fingerprint density at radius 3 is 2.74 bits per heavy atom. The zero-order valence-electron chi connectivity index (χ0n) is 10.3. The second-order valence-corrected chi connectivity index (χ2v) is 4.80. The molecule has 1 heterocycles. The lowest BCUT2D eigenvalue weighted by Crippen LogP contribution is -2.12. The van der Waals surface area contributed by atoms with Gasteiger partial charge in [0.1, 0.15) is 5.82 Å². The van der Waals surface area contributed by atoms with Crippen LogP contribution in [0.1, 0.15) is 11.4 Å². The molecule has 1 aromatic heterocycles. The molecule has 1 atom stereocenters. The van der Waals surface area contributed by atoms with E-state index in [0.717, 1.165) is 0 Å². The molecule has 0 aliphatic carbocycles. The monoisotopic (exact) mass is 281 g/mol. The van der Waals surface area contributed by atoms with Crippen molar-refractivity contribution in [1.29, 1.82) is 0 Å². The van der Waals surface area contributed by atoms with Crippen LogP contribution in [0.25, 0.3) is 0 Å². The molecule has 0 spiro atoms. The summed E-state index contributed by atoms with van der Waals surface area (Å²) in [6.45, 7) is 3.40. The van der Waals surface area contributed by atoms with Crippen molar-refractivity contribution in [3.8, 4) is 5.75 Å². The number of rotatable bonds is 4. The van der Waals surface area contributed by atoms with E-state index >= 15 is 0 Å². The number of imidazole rings is 1. The summed E-state index contributed by atoms with van der Waals surface area (Å²) in [6.07, 6.45) is 3.01. The van der Waals surface area contributed by atoms with E-state index in [-0.39, 0.29) is 11.4 Å². The van der Waals surface area contributed by atoms with Crippen LogP contribution in [0.4, 0.5) is 5.69 Å². The maximum Gasteiger partial charge on any atom is 0.323 e. The second kappa shape index (κ2) is 5.19. The Morgan fingerprint density at radius 2 is 2.16 bits per heavy atom. The van der Waals surface area contributed by atoms with Gasteiger partial charge >= 0.3 is 11.3 Å². The highest BCUT2D eigenvalue weighted by molar-refractivity contribution is 7.79. The van der Waals surface area contributed by atoms with E-state index in [1.807, 2.05) is 0 Å². The van der Waals surface area contributed by atoms with Gasteiger partial charge in [-0.1, -0.05) is 0 Å². The highest BCUT2D eigenvalue weighted by Gasteiger charge is 2.14. The Labute approximate surface area is 111 Å². The number of nitro benzene ring substituents is 1. The highest BCUT2D eigenvalue weighted by atomic mass is 32.2. The molecule has 19 heavy (non-hydrogen) atoms. The van der Waals surface area contributed by atoms with Gasteiger partial charge in [-0.05, 0) is 25.5 Å². The third-order valence-corrected chi connectivity index (χ3v) is 3.52. The zero-order valence-corrected chi connectivity index (χ0v) is 11.1. The summed E-state index contributed by atoms with van der Waals surface area (Å²) in [5.74, 6) is 0.738. The summed E-state index contributed by atoms with van der Waals surface area (Å²) >= 11 is -1.82. The largest absolute Gasteiger partial charge is 0.384 e. The lowest BCUT2D eigenvalue weighted by Gasteiger charge is -2.08. The van der Waals surface area contributed by atoms with Gasteiger partial charge in [-0.2, -0.15) is 4.21 Å². The summed E-state index contributed by atoms with van der Waals surface area (Å²) in [5.41, 5.74) is 0.552.